The Morgan fingerprint density at radius 1 is 1.21 bits per heavy atom. The van der Waals surface area contributed by atoms with Crippen LogP contribution in [0, 0.1) is 0 Å². The van der Waals surface area contributed by atoms with Crippen LogP contribution >= 0.6 is 23.1 Å². The van der Waals surface area contributed by atoms with Gasteiger partial charge in [-0.25, -0.2) is 4.98 Å². The minimum absolute atomic E-state index is 0.0729. The summed E-state index contributed by atoms with van der Waals surface area (Å²) in [7, 11) is 1.53. The van der Waals surface area contributed by atoms with E-state index in [4.69, 9.17) is 10.5 Å². The van der Waals surface area contributed by atoms with E-state index in [0.717, 1.165) is 10.2 Å². The van der Waals surface area contributed by atoms with Crippen molar-refractivity contribution >= 4 is 56.2 Å². The summed E-state index contributed by atoms with van der Waals surface area (Å²) in [5, 5.41) is 11.6. The van der Waals surface area contributed by atoms with Crippen molar-refractivity contribution in [3.8, 4) is 5.75 Å². The molecule has 3 atom stereocenters. The largest absolute Gasteiger partial charge is 0.497 e. The summed E-state index contributed by atoms with van der Waals surface area (Å²) in [5.74, 6) is -0.432. The number of amides is 3. The molecule has 1 fully saturated rings. The molecule has 1 saturated heterocycles. The lowest BCUT2D eigenvalue weighted by atomic mass is 10.1. The topological polar surface area (TPSA) is 147 Å². The average Bonchev–Trinajstić information content (AvgIpc) is 3.22. The van der Waals surface area contributed by atoms with E-state index in [0.29, 0.717) is 16.4 Å². The van der Waals surface area contributed by atoms with Crippen LogP contribution in [-0.4, -0.2) is 53.3 Å². The summed E-state index contributed by atoms with van der Waals surface area (Å²) < 4.78 is 6.05. The first kappa shape index (κ1) is 23.0. The number of aromatic nitrogens is 1. The first-order valence-corrected chi connectivity index (χ1v) is 11.8. The van der Waals surface area contributed by atoms with Crippen molar-refractivity contribution in [2.75, 3.05) is 18.2 Å². The van der Waals surface area contributed by atoms with Crippen LogP contribution in [0.3, 0.4) is 0 Å². The average molecular weight is 487 g/mol. The zero-order valence-electron chi connectivity index (χ0n) is 17.5. The summed E-state index contributed by atoms with van der Waals surface area (Å²) in [6.07, 6.45) is -0.828. The monoisotopic (exact) mass is 486 g/mol. The van der Waals surface area contributed by atoms with Crippen molar-refractivity contribution in [3.63, 3.8) is 0 Å². The molecule has 3 aromatic rings. The van der Waals surface area contributed by atoms with Gasteiger partial charge in [0, 0.05) is 5.56 Å². The smallest absolute Gasteiger partial charge is 0.252 e. The summed E-state index contributed by atoms with van der Waals surface area (Å²) in [6.45, 7) is 0. The second-order valence-corrected chi connectivity index (χ2v) is 9.23. The number of thioether (sulfide) groups is 1. The number of benzene rings is 2. The van der Waals surface area contributed by atoms with Gasteiger partial charge in [-0.2, -0.15) is 0 Å². The van der Waals surface area contributed by atoms with E-state index in [1.165, 1.54) is 30.2 Å². The first-order chi connectivity index (χ1) is 15.9. The van der Waals surface area contributed by atoms with Crippen molar-refractivity contribution in [1.82, 2.24) is 20.9 Å². The number of carbonyl (C=O) groups is 3. The number of anilines is 1. The van der Waals surface area contributed by atoms with Crippen LogP contribution in [0.5, 0.6) is 5.75 Å². The molecule has 3 unspecified atom stereocenters. The van der Waals surface area contributed by atoms with E-state index in [2.05, 4.69) is 26.3 Å². The fourth-order valence-corrected chi connectivity index (χ4v) is 4.87. The van der Waals surface area contributed by atoms with Gasteiger partial charge in [0.1, 0.15) is 17.3 Å². The van der Waals surface area contributed by atoms with Gasteiger partial charge in [-0.1, -0.05) is 23.5 Å². The van der Waals surface area contributed by atoms with Crippen molar-refractivity contribution in [1.29, 1.82) is 0 Å². The molecule has 4 rings (SSSR count). The van der Waals surface area contributed by atoms with Crippen LogP contribution < -0.4 is 31.7 Å². The van der Waals surface area contributed by atoms with E-state index in [9.17, 15) is 14.4 Å². The lowest BCUT2D eigenvalue weighted by Crippen LogP contribution is -2.70. The van der Waals surface area contributed by atoms with E-state index in [-0.39, 0.29) is 11.7 Å². The van der Waals surface area contributed by atoms with Crippen molar-refractivity contribution in [2.45, 2.75) is 17.7 Å². The number of nitrogens with zero attached hydrogens (tertiary/aromatic N) is 1. The number of carbonyl (C=O) groups excluding carboxylic acids is 3. The number of hydrogen-bond acceptors (Lipinski definition) is 9. The Bertz CT molecular complexity index is 1140. The Labute approximate surface area is 197 Å². The molecule has 2 aromatic carbocycles. The number of hydrogen-bond donors (Lipinski definition) is 5. The van der Waals surface area contributed by atoms with Crippen LogP contribution in [-0.2, 0) is 9.59 Å². The van der Waals surface area contributed by atoms with Gasteiger partial charge in [0.05, 0.1) is 29.2 Å². The number of nitrogens with two attached hydrogens (primary N) is 1. The number of ether oxygens (including phenoxy) is 1. The highest BCUT2D eigenvalue weighted by Crippen LogP contribution is 2.25. The molecule has 6 N–H and O–H groups in total. The molecular weight excluding hydrogens is 464 g/mol. The molecule has 12 heteroatoms. The second-order valence-electron chi connectivity index (χ2n) is 7.11. The molecule has 0 spiro atoms. The third-order valence-electron chi connectivity index (χ3n) is 4.82. The summed E-state index contributed by atoms with van der Waals surface area (Å²) >= 11 is 2.56. The lowest BCUT2D eigenvalue weighted by Gasteiger charge is -2.35. The highest BCUT2D eigenvalue weighted by Gasteiger charge is 2.35. The second kappa shape index (κ2) is 10.2. The van der Waals surface area contributed by atoms with Crippen LogP contribution in [0.4, 0.5) is 5.13 Å². The minimum Gasteiger partial charge on any atom is -0.497 e. The predicted octanol–water partition coefficient (Wildman–Crippen LogP) is 1.06. The van der Waals surface area contributed by atoms with Gasteiger partial charge in [0.2, 0.25) is 11.8 Å². The summed E-state index contributed by atoms with van der Waals surface area (Å²) in [4.78, 5) is 41.7. The van der Waals surface area contributed by atoms with Crippen LogP contribution in [0.1, 0.15) is 10.4 Å². The Hall–Kier alpha value is -3.19. The number of thiazole rings is 1. The fraction of sp³-hybridized carbons (Fsp3) is 0.238. The predicted molar refractivity (Wildman–Crippen MR) is 128 cm³/mol. The molecule has 1 aromatic heterocycles. The molecule has 0 aliphatic carbocycles. The van der Waals surface area contributed by atoms with E-state index >= 15 is 0 Å². The molecular formula is C21H22N6O4S2. The maximum atomic E-state index is 12.5. The Morgan fingerprint density at radius 2 is 1.97 bits per heavy atom. The highest BCUT2D eigenvalue weighted by molar-refractivity contribution is 8.00. The zero-order valence-corrected chi connectivity index (χ0v) is 19.2. The van der Waals surface area contributed by atoms with Crippen LogP contribution in [0.15, 0.2) is 48.5 Å². The molecule has 2 heterocycles. The van der Waals surface area contributed by atoms with Gasteiger partial charge < -0.3 is 26.4 Å². The van der Waals surface area contributed by atoms with Crippen molar-refractivity contribution < 1.29 is 19.1 Å². The SMILES string of the molecule is COc1ccc(C(=O)NC2C(=O)NC(SCC(=O)Nc3nc4ccccc4s3)NC2N)cc1. The highest BCUT2D eigenvalue weighted by atomic mass is 32.2. The van der Waals surface area contributed by atoms with Gasteiger partial charge in [0.15, 0.2) is 5.13 Å². The fourth-order valence-electron chi connectivity index (χ4n) is 3.15. The van der Waals surface area contributed by atoms with Crippen molar-refractivity contribution in [2.24, 2.45) is 5.73 Å². The molecule has 0 radical (unpaired) electrons. The van der Waals surface area contributed by atoms with Gasteiger partial charge >= 0.3 is 0 Å². The quantitative estimate of drug-likeness (QED) is 0.333. The van der Waals surface area contributed by atoms with Crippen LogP contribution in [0.2, 0.25) is 0 Å². The molecule has 1 aliphatic heterocycles. The Balaban J connectivity index is 1.27. The molecule has 0 saturated carbocycles. The van der Waals surface area contributed by atoms with E-state index in [1.807, 2.05) is 24.3 Å². The molecule has 1 aliphatic rings. The Kier molecular flexibility index (Phi) is 7.08. The summed E-state index contributed by atoms with van der Waals surface area (Å²) in [5.41, 5.74) is 6.69. The van der Waals surface area contributed by atoms with E-state index in [1.54, 1.807) is 24.3 Å². The van der Waals surface area contributed by atoms with Gasteiger partial charge in [-0.3, -0.25) is 19.7 Å². The molecule has 3 amide bonds. The van der Waals surface area contributed by atoms with E-state index < -0.39 is 29.5 Å². The number of methoxy groups -OCH3 is 1. The number of rotatable bonds is 7. The molecule has 0 bridgehead atoms. The first-order valence-electron chi connectivity index (χ1n) is 9.97. The number of fused-ring (bicyclic) bond motifs is 1. The molecule has 10 nitrogen and oxygen atoms in total. The standard InChI is InChI=1S/C21H22N6O4S2/c1-31-12-8-6-11(7-9-12)18(29)25-16-17(22)26-20(27-19(16)30)32-10-15(28)24-21-23-13-4-2-3-5-14(13)33-21/h2-9,16-17,20,26H,10,22H2,1H3,(H,25,29)(H,27,30)(H,23,24,28). The zero-order chi connectivity index (χ0) is 23.4. The van der Waals surface area contributed by atoms with Crippen LogP contribution in [0.25, 0.3) is 10.2 Å². The lowest BCUT2D eigenvalue weighted by molar-refractivity contribution is -0.125. The van der Waals surface area contributed by atoms with Gasteiger partial charge in [-0.05, 0) is 36.4 Å². The Morgan fingerprint density at radius 3 is 2.67 bits per heavy atom. The number of para-hydroxylation sites is 1. The summed E-state index contributed by atoms with van der Waals surface area (Å²) in [6, 6.07) is 13.1. The van der Waals surface area contributed by atoms with Gasteiger partial charge in [0.25, 0.3) is 5.91 Å². The third-order valence-corrected chi connectivity index (χ3v) is 6.79. The minimum atomic E-state index is -0.965. The maximum absolute atomic E-state index is 12.5. The third kappa shape index (κ3) is 5.60. The van der Waals surface area contributed by atoms with Gasteiger partial charge in [-0.15, -0.1) is 11.8 Å². The maximum Gasteiger partial charge on any atom is 0.252 e. The molecule has 33 heavy (non-hydrogen) atoms. The number of nitrogens with one attached hydrogen (secondary N) is 4. The normalized spacial score (nSPS) is 20.2. The molecule has 172 valence electrons. The van der Waals surface area contributed by atoms with Crippen molar-refractivity contribution in [3.05, 3.63) is 54.1 Å².